The molecule has 0 saturated heterocycles. The number of benzene rings is 2. The van der Waals surface area contributed by atoms with Gasteiger partial charge in [-0.15, -0.1) is 0 Å². The van der Waals surface area contributed by atoms with E-state index < -0.39 is 0 Å². The van der Waals surface area contributed by atoms with Crippen molar-refractivity contribution in [1.82, 2.24) is 0 Å². The van der Waals surface area contributed by atoms with Crippen LogP contribution in [0.5, 0.6) is 5.75 Å². The van der Waals surface area contributed by atoms with Crippen LogP contribution in [0.25, 0.3) is 0 Å². The van der Waals surface area contributed by atoms with E-state index in [0.29, 0.717) is 12.3 Å². The van der Waals surface area contributed by atoms with Crippen LogP contribution in [0.2, 0.25) is 0 Å². The molecule has 0 spiro atoms. The van der Waals surface area contributed by atoms with Crippen molar-refractivity contribution in [2.24, 2.45) is 0 Å². The zero-order valence-electron chi connectivity index (χ0n) is 8.99. The van der Waals surface area contributed by atoms with Crippen LogP contribution >= 0.6 is 31.9 Å². The summed E-state index contributed by atoms with van der Waals surface area (Å²) in [6.07, 6.45) is 0. The van der Waals surface area contributed by atoms with Crippen LogP contribution in [-0.2, 0) is 6.61 Å². The zero-order chi connectivity index (χ0) is 12.3. The number of hydrogen-bond acceptors (Lipinski definition) is 2. The molecule has 88 valence electrons. The van der Waals surface area contributed by atoms with Gasteiger partial charge in [-0.25, -0.2) is 0 Å². The van der Waals surface area contributed by atoms with Crippen molar-refractivity contribution in [3.8, 4) is 5.75 Å². The molecule has 2 N–H and O–H groups in total. The fourth-order valence-electron chi connectivity index (χ4n) is 1.44. The van der Waals surface area contributed by atoms with Gasteiger partial charge >= 0.3 is 0 Å². The standard InChI is InChI=1S/C13H11Br2NO/c14-10-6-9(13(16)12(15)7-10)8-17-11-4-2-1-3-5-11/h1-7H,8,16H2. The number of nitrogen functional groups attached to an aromatic ring is 1. The van der Waals surface area contributed by atoms with Gasteiger partial charge in [-0.2, -0.15) is 0 Å². The summed E-state index contributed by atoms with van der Waals surface area (Å²) in [5, 5.41) is 0. The number of para-hydroxylation sites is 1. The molecule has 2 aromatic carbocycles. The summed E-state index contributed by atoms with van der Waals surface area (Å²) in [4.78, 5) is 0. The van der Waals surface area contributed by atoms with Crippen molar-refractivity contribution >= 4 is 37.5 Å². The van der Waals surface area contributed by atoms with E-state index in [9.17, 15) is 0 Å². The predicted octanol–water partition coefficient (Wildman–Crippen LogP) is 4.37. The second kappa shape index (κ2) is 5.56. The predicted molar refractivity (Wildman–Crippen MR) is 77.0 cm³/mol. The molecule has 2 nitrogen and oxygen atoms in total. The molecular formula is C13H11Br2NO. The first-order chi connectivity index (χ1) is 8.16. The molecule has 0 aliphatic heterocycles. The minimum Gasteiger partial charge on any atom is -0.489 e. The Morgan fingerprint density at radius 2 is 1.76 bits per heavy atom. The topological polar surface area (TPSA) is 35.2 Å². The highest BCUT2D eigenvalue weighted by molar-refractivity contribution is 9.11. The van der Waals surface area contributed by atoms with Gasteiger partial charge in [0, 0.05) is 14.5 Å². The van der Waals surface area contributed by atoms with Gasteiger partial charge in [0.2, 0.25) is 0 Å². The van der Waals surface area contributed by atoms with Crippen LogP contribution in [0.15, 0.2) is 51.4 Å². The second-order valence-corrected chi connectivity index (χ2v) is 5.33. The maximum Gasteiger partial charge on any atom is 0.119 e. The number of hydrogen-bond donors (Lipinski definition) is 1. The first-order valence-corrected chi connectivity index (χ1v) is 6.66. The van der Waals surface area contributed by atoms with E-state index in [1.807, 2.05) is 42.5 Å². The summed E-state index contributed by atoms with van der Waals surface area (Å²) >= 11 is 6.84. The lowest BCUT2D eigenvalue weighted by molar-refractivity contribution is 0.307. The van der Waals surface area contributed by atoms with Crippen LogP contribution in [0, 0.1) is 0 Å². The van der Waals surface area contributed by atoms with Crippen molar-refractivity contribution in [1.29, 1.82) is 0 Å². The van der Waals surface area contributed by atoms with E-state index in [1.54, 1.807) is 0 Å². The summed E-state index contributed by atoms with van der Waals surface area (Å²) in [5.41, 5.74) is 7.63. The lowest BCUT2D eigenvalue weighted by Gasteiger charge is -2.10. The van der Waals surface area contributed by atoms with E-state index in [4.69, 9.17) is 10.5 Å². The van der Waals surface area contributed by atoms with Crippen molar-refractivity contribution in [3.63, 3.8) is 0 Å². The van der Waals surface area contributed by atoms with Gasteiger partial charge in [0.15, 0.2) is 0 Å². The van der Waals surface area contributed by atoms with E-state index in [-0.39, 0.29) is 0 Å². The Morgan fingerprint density at radius 3 is 2.47 bits per heavy atom. The number of ether oxygens (including phenoxy) is 1. The van der Waals surface area contributed by atoms with Crippen molar-refractivity contribution < 1.29 is 4.74 Å². The van der Waals surface area contributed by atoms with Gasteiger partial charge in [0.1, 0.15) is 12.4 Å². The molecule has 0 heterocycles. The molecule has 17 heavy (non-hydrogen) atoms. The molecule has 0 aromatic heterocycles. The van der Waals surface area contributed by atoms with Gasteiger partial charge in [0.25, 0.3) is 0 Å². The monoisotopic (exact) mass is 355 g/mol. The summed E-state index contributed by atoms with van der Waals surface area (Å²) in [5.74, 6) is 0.836. The molecule has 0 aliphatic rings. The third kappa shape index (κ3) is 3.23. The Morgan fingerprint density at radius 1 is 1.06 bits per heavy atom. The molecular weight excluding hydrogens is 346 g/mol. The first-order valence-electron chi connectivity index (χ1n) is 5.08. The van der Waals surface area contributed by atoms with Crippen molar-refractivity contribution in [2.75, 3.05) is 5.73 Å². The minimum atomic E-state index is 0.452. The molecule has 0 saturated carbocycles. The highest BCUT2D eigenvalue weighted by Crippen LogP contribution is 2.29. The van der Waals surface area contributed by atoms with Crippen LogP contribution < -0.4 is 10.5 Å². The molecule has 0 bridgehead atoms. The average Bonchev–Trinajstić information content (AvgIpc) is 2.33. The maximum atomic E-state index is 5.97. The summed E-state index contributed by atoms with van der Waals surface area (Å²) in [6.45, 7) is 0.452. The van der Waals surface area contributed by atoms with Crippen LogP contribution in [-0.4, -0.2) is 0 Å². The third-order valence-corrected chi connectivity index (χ3v) is 3.43. The second-order valence-electron chi connectivity index (χ2n) is 3.56. The Balaban J connectivity index is 2.14. The Hall–Kier alpha value is -1.00. The van der Waals surface area contributed by atoms with Gasteiger partial charge < -0.3 is 10.5 Å². The third-order valence-electron chi connectivity index (χ3n) is 2.32. The zero-order valence-corrected chi connectivity index (χ0v) is 12.2. The number of halogens is 2. The fraction of sp³-hybridized carbons (Fsp3) is 0.0769. The van der Waals surface area contributed by atoms with Crippen LogP contribution in [0.4, 0.5) is 5.69 Å². The molecule has 0 aliphatic carbocycles. The quantitative estimate of drug-likeness (QED) is 0.828. The molecule has 0 unspecified atom stereocenters. The highest BCUT2D eigenvalue weighted by Gasteiger charge is 2.06. The van der Waals surface area contributed by atoms with Crippen molar-refractivity contribution in [3.05, 3.63) is 57.0 Å². The van der Waals surface area contributed by atoms with E-state index in [2.05, 4.69) is 31.9 Å². The molecule has 4 heteroatoms. The van der Waals surface area contributed by atoms with E-state index in [0.717, 1.165) is 20.3 Å². The number of nitrogens with two attached hydrogens (primary N) is 1. The lowest BCUT2D eigenvalue weighted by atomic mass is 10.2. The Labute approximate surface area is 117 Å². The molecule has 2 aromatic rings. The maximum absolute atomic E-state index is 5.97. The average molecular weight is 357 g/mol. The summed E-state index contributed by atoms with van der Waals surface area (Å²) in [7, 11) is 0. The Kier molecular flexibility index (Phi) is 4.07. The summed E-state index contributed by atoms with van der Waals surface area (Å²) in [6, 6.07) is 13.6. The van der Waals surface area contributed by atoms with Gasteiger partial charge in [0.05, 0.1) is 5.69 Å². The summed E-state index contributed by atoms with van der Waals surface area (Å²) < 4.78 is 7.51. The minimum absolute atomic E-state index is 0.452. The van der Waals surface area contributed by atoms with Gasteiger partial charge in [-0.3, -0.25) is 0 Å². The van der Waals surface area contributed by atoms with Crippen molar-refractivity contribution in [2.45, 2.75) is 6.61 Å². The first kappa shape index (κ1) is 12.5. The van der Waals surface area contributed by atoms with E-state index in [1.165, 1.54) is 0 Å². The molecule has 0 fully saturated rings. The Bertz CT molecular complexity index is 514. The number of rotatable bonds is 3. The van der Waals surface area contributed by atoms with Gasteiger partial charge in [-0.05, 0) is 40.2 Å². The molecule has 0 radical (unpaired) electrons. The smallest absolute Gasteiger partial charge is 0.119 e. The number of anilines is 1. The van der Waals surface area contributed by atoms with Gasteiger partial charge in [-0.1, -0.05) is 34.1 Å². The largest absolute Gasteiger partial charge is 0.489 e. The SMILES string of the molecule is Nc1c(Br)cc(Br)cc1COc1ccccc1. The molecule has 0 atom stereocenters. The van der Waals surface area contributed by atoms with Crippen LogP contribution in [0.3, 0.4) is 0 Å². The van der Waals surface area contributed by atoms with E-state index >= 15 is 0 Å². The molecule has 0 amide bonds. The lowest BCUT2D eigenvalue weighted by Crippen LogP contribution is -2.01. The fourth-order valence-corrected chi connectivity index (χ4v) is 2.75. The molecule has 2 rings (SSSR count). The van der Waals surface area contributed by atoms with Crippen LogP contribution in [0.1, 0.15) is 5.56 Å². The highest BCUT2D eigenvalue weighted by atomic mass is 79.9. The normalized spacial score (nSPS) is 10.2.